The van der Waals surface area contributed by atoms with Crippen LogP contribution in [0.2, 0.25) is 0 Å². The largest absolute Gasteiger partial charge is 0.493 e. The number of amides is 2. The summed E-state index contributed by atoms with van der Waals surface area (Å²) in [6, 6.07) is 14.7. The van der Waals surface area contributed by atoms with Crippen molar-refractivity contribution in [3.05, 3.63) is 96.8 Å². The van der Waals surface area contributed by atoms with E-state index in [1.165, 1.54) is 25.3 Å². The normalized spacial score (nSPS) is 14.7. The van der Waals surface area contributed by atoms with Crippen molar-refractivity contribution in [2.75, 3.05) is 7.11 Å². The number of benzene rings is 3. The van der Waals surface area contributed by atoms with Crippen molar-refractivity contribution in [1.82, 2.24) is 4.90 Å². The molecule has 0 unspecified atom stereocenters. The van der Waals surface area contributed by atoms with Gasteiger partial charge in [0.1, 0.15) is 4.90 Å². The maximum atomic E-state index is 13.0. The van der Waals surface area contributed by atoms with Crippen LogP contribution in [-0.2, 0) is 21.5 Å². The number of nitro groups is 1. The zero-order valence-corrected chi connectivity index (χ0v) is 23.1. The number of carbonyl (C=O) groups is 2. The monoisotopic (exact) mass is 618 g/mol. The van der Waals surface area contributed by atoms with E-state index in [4.69, 9.17) is 8.92 Å². The fourth-order valence-electron chi connectivity index (χ4n) is 3.58. The van der Waals surface area contributed by atoms with Crippen LogP contribution in [0, 0.1) is 17.0 Å². The van der Waals surface area contributed by atoms with E-state index < -0.39 is 26.2 Å². The molecule has 13 heteroatoms. The fraction of sp³-hybridized carbons (Fsp3) is 0.120. The molecular weight excluding hydrogens is 600 g/mol. The summed E-state index contributed by atoms with van der Waals surface area (Å²) < 4.78 is 36.4. The van der Waals surface area contributed by atoms with E-state index in [1.54, 1.807) is 0 Å². The van der Waals surface area contributed by atoms with Crippen molar-refractivity contribution < 1.29 is 31.9 Å². The van der Waals surface area contributed by atoms with Crippen molar-refractivity contribution in [2.45, 2.75) is 18.4 Å². The molecule has 0 bridgehead atoms. The average Bonchev–Trinajstić information content (AvgIpc) is 3.12. The molecular formula is C25H19BrN2O8S2. The molecule has 38 heavy (non-hydrogen) atoms. The first-order chi connectivity index (χ1) is 18.0. The van der Waals surface area contributed by atoms with Crippen LogP contribution >= 0.6 is 27.7 Å². The molecule has 1 aliphatic rings. The van der Waals surface area contributed by atoms with E-state index in [1.807, 2.05) is 31.2 Å². The quantitative estimate of drug-likeness (QED) is 0.135. The SMILES string of the molecule is COc1cc(/C=C2\SC(=O)N(Cc3cccc(C)c3)C2=O)cc(Br)c1OS(=O)(=O)c1ccc([N+](=O)[O-])cc1. The number of imide groups is 1. The summed E-state index contributed by atoms with van der Waals surface area (Å²) in [5.41, 5.74) is 2.03. The minimum absolute atomic E-state index is 0.0371. The topological polar surface area (TPSA) is 133 Å². The minimum atomic E-state index is -4.36. The molecule has 10 nitrogen and oxygen atoms in total. The van der Waals surface area contributed by atoms with E-state index in [-0.39, 0.29) is 38.0 Å². The molecule has 0 saturated carbocycles. The second kappa shape index (κ2) is 11.0. The van der Waals surface area contributed by atoms with Crippen LogP contribution in [-0.4, -0.2) is 36.5 Å². The molecule has 1 fully saturated rings. The first-order valence-corrected chi connectivity index (χ1v) is 13.9. The third-order valence-corrected chi connectivity index (χ3v) is 8.11. The number of rotatable bonds is 8. The molecule has 0 spiro atoms. The molecule has 1 heterocycles. The minimum Gasteiger partial charge on any atom is -0.493 e. The molecule has 0 aliphatic carbocycles. The molecule has 4 rings (SSSR count). The number of aryl methyl sites for hydroxylation is 1. The van der Waals surface area contributed by atoms with Crippen LogP contribution in [0.4, 0.5) is 10.5 Å². The van der Waals surface area contributed by atoms with Gasteiger partial charge in [-0.05, 0) is 76.1 Å². The number of non-ortho nitro benzene ring substituents is 1. The van der Waals surface area contributed by atoms with Gasteiger partial charge >= 0.3 is 10.1 Å². The fourth-order valence-corrected chi connectivity index (χ4v) is 6.02. The Morgan fingerprint density at radius 2 is 1.82 bits per heavy atom. The maximum absolute atomic E-state index is 13.0. The number of carbonyl (C=O) groups excluding carboxylic acids is 2. The molecule has 1 saturated heterocycles. The summed E-state index contributed by atoms with van der Waals surface area (Å²) >= 11 is 4.08. The summed E-state index contributed by atoms with van der Waals surface area (Å²) in [5, 5.41) is 10.4. The number of hydrogen-bond donors (Lipinski definition) is 0. The molecule has 3 aromatic carbocycles. The second-order valence-electron chi connectivity index (χ2n) is 8.08. The van der Waals surface area contributed by atoms with Gasteiger partial charge in [0.05, 0.1) is 28.0 Å². The van der Waals surface area contributed by atoms with Crippen molar-refractivity contribution >= 4 is 60.7 Å². The van der Waals surface area contributed by atoms with Gasteiger partial charge < -0.3 is 8.92 Å². The Hall–Kier alpha value is -3.68. The number of hydrogen-bond acceptors (Lipinski definition) is 9. The molecule has 2 amide bonds. The molecule has 0 atom stereocenters. The molecule has 0 radical (unpaired) electrons. The van der Waals surface area contributed by atoms with Gasteiger partial charge in [0, 0.05) is 12.1 Å². The molecule has 3 aromatic rings. The highest BCUT2D eigenvalue weighted by Gasteiger charge is 2.35. The number of nitrogens with zero attached hydrogens (tertiary/aromatic N) is 2. The first-order valence-electron chi connectivity index (χ1n) is 10.9. The van der Waals surface area contributed by atoms with Crippen molar-refractivity contribution in [1.29, 1.82) is 0 Å². The summed E-state index contributed by atoms with van der Waals surface area (Å²) in [5.74, 6) is -0.566. The van der Waals surface area contributed by atoms with Gasteiger partial charge in [0.25, 0.3) is 16.8 Å². The lowest BCUT2D eigenvalue weighted by Crippen LogP contribution is -2.27. The van der Waals surface area contributed by atoms with Crippen molar-refractivity contribution in [3.63, 3.8) is 0 Å². The molecule has 0 aromatic heterocycles. The number of halogens is 1. The predicted molar refractivity (Wildman–Crippen MR) is 144 cm³/mol. The zero-order chi connectivity index (χ0) is 27.6. The van der Waals surface area contributed by atoms with E-state index in [0.717, 1.165) is 52.1 Å². The Kier molecular flexibility index (Phi) is 7.90. The van der Waals surface area contributed by atoms with Gasteiger partial charge in [-0.1, -0.05) is 29.8 Å². The van der Waals surface area contributed by atoms with Gasteiger partial charge in [-0.25, -0.2) is 0 Å². The Morgan fingerprint density at radius 1 is 1.11 bits per heavy atom. The van der Waals surface area contributed by atoms with Gasteiger partial charge in [-0.15, -0.1) is 0 Å². The zero-order valence-electron chi connectivity index (χ0n) is 19.9. The van der Waals surface area contributed by atoms with Gasteiger partial charge in [-0.3, -0.25) is 24.6 Å². The number of thioether (sulfide) groups is 1. The highest BCUT2D eigenvalue weighted by atomic mass is 79.9. The van der Waals surface area contributed by atoms with Gasteiger partial charge in [0.15, 0.2) is 11.5 Å². The summed E-state index contributed by atoms with van der Waals surface area (Å²) in [6.07, 6.45) is 1.50. The van der Waals surface area contributed by atoms with E-state index in [2.05, 4.69) is 15.9 Å². The number of methoxy groups -OCH3 is 1. The second-order valence-corrected chi connectivity index (χ2v) is 11.5. The molecule has 0 N–H and O–H groups in total. The number of ether oxygens (including phenoxy) is 1. The summed E-state index contributed by atoms with van der Waals surface area (Å²) in [6.45, 7) is 2.07. The summed E-state index contributed by atoms with van der Waals surface area (Å²) in [4.78, 5) is 36.8. The smallest absolute Gasteiger partial charge is 0.339 e. The first kappa shape index (κ1) is 27.4. The van der Waals surface area contributed by atoms with Crippen LogP contribution in [0.25, 0.3) is 6.08 Å². The maximum Gasteiger partial charge on any atom is 0.339 e. The van der Waals surface area contributed by atoms with Crippen molar-refractivity contribution in [3.8, 4) is 11.5 Å². The Labute approximate surface area is 230 Å². The lowest BCUT2D eigenvalue weighted by atomic mass is 10.1. The van der Waals surface area contributed by atoms with Crippen LogP contribution in [0.3, 0.4) is 0 Å². The Morgan fingerprint density at radius 3 is 2.45 bits per heavy atom. The van der Waals surface area contributed by atoms with Crippen molar-refractivity contribution in [2.24, 2.45) is 0 Å². The van der Waals surface area contributed by atoms with Gasteiger partial charge in [-0.2, -0.15) is 8.42 Å². The average molecular weight is 619 g/mol. The summed E-state index contributed by atoms with van der Waals surface area (Å²) in [7, 11) is -3.05. The molecule has 196 valence electrons. The highest BCUT2D eigenvalue weighted by molar-refractivity contribution is 9.10. The Bertz CT molecular complexity index is 1590. The standard InChI is InChI=1S/C25H19BrN2O8S2/c1-15-4-3-5-16(10-15)14-27-24(29)22(37-25(27)30)13-17-11-20(26)23(21(12-17)35-2)36-38(33,34)19-8-6-18(7-9-19)28(31)32/h3-13H,14H2,1-2H3/b22-13-. The van der Waals surface area contributed by atoms with E-state index >= 15 is 0 Å². The molecule has 1 aliphatic heterocycles. The van der Waals surface area contributed by atoms with Crippen LogP contribution < -0.4 is 8.92 Å². The predicted octanol–water partition coefficient (Wildman–Crippen LogP) is 5.68. The lowest BCUT2D eigenvalue weighted by molar-refractivity contribution is -0.384. The highest BCUT2D eigenvalue weighted by Crippen LogP contribution is 2.40. The van der Waals surface area contributed by atoms with Crippen LogP contribution in [0.15, 0.2) is 74.9 Å². The van der Waals surface area contributed by atoms with E-state index in [9.17, 15) is 28.1 Å². The Balaban J connectivity index is 1.58. The number of nitro benzene ring substituents is 1. The van der Waals surface area contributed by atoms with Crippen LogP contribution in [0.5, 0.6) is 11.5 Å². The van der Waals surface area contributed by atoms with Gasteiger partial charge in [0.2, 0.25) is 0 Å². The third-order valence-electron chi connectivity index (χ3n) is 5.38. The third kappa shape index (κ3) is 5.90. The lowest BCUT2D eigenvalue weighted by Gasteiger charge is -2.14. The van der Waals surface area contributed by atoms with E-state index in [0.29, 0.717) is 5.56 Å². The van der Waals surface area contributed by atoms with Crippen LogP contribution in [0.1, 0.15) is 16.7 Å².